The Morgan fingerprint density at radius 3 is 3.07 bits per heavy atom. The number of imidazole rings is 1. The first-order valence-corrected chi connectivity index (χ1v) is 5.25. The fourth-order valence-corrected chi connectivity index (χ4v) is 2.12. The van der Waals surface area contributed by atoms with Crippen molar-refractivity contribution < 1.29 is 0 Å². The van der Waals surface area contributed by atoms with Crippen molar-refractivity contribution in [2.24, 2.45) is 5.92 Å². The van der Waals surface area contributed by atoms with Crippen LogP contribution in [0.5, 0.6) is 0 Å². The van der Waals surface area contributed by atoms with Gasteiger partial charge in [-0.25, -0.2) is 4.79 Å². The van der Waals surface area contributed by atoms with Gasteiger partial charge in [-0.1, -0.05) is 6.92 Å². The third-order valence-corrected chi connectivity index (χ3v) is 2.99. The molecule has 0 bridgehead atoms. The molecule has 0 amide bonds. The monoisotopic (exact) mass is 195 g/mol. The number of H-pyrrole nitrogens is 1. The Morgan fingerprint density at radius 2 is 2.50 bits per heavy atom. The first-order valence-electron chi connectivity index (χ1n) is 5.25. The summed E-state index contributed by atoms with van der Waals surface area (Å²) in [6, 6.07) is 0. The van der Waals surface area contributed by atoms with Gasteiger partial charge in [-0.2, -0.15) is 0 Å². The van der Waals surface area contributed by atoms with Crippen LogP contribution >= 0.6 is 0 Å². The van der Waals surface area contributed by atoms with Crippen molar-refractivity contribution in [2.75, 3.05) is 19.6 Å². The maximum absolute atomic E-state index is 11.3. The number of hydrogen-bond donors (Lipinski definition) is 1. The molecule has 1 unspecified atom stereocenters. The van der Waals surface area contributed by atoms with Crippen LogP contribution in [0.25, 0.3) is 0 Å². The lowest BCUT2D eigenvalue weighted by Crippen LogP contribution is -2.24. The van der Waals surface area contributed by atoms with Gasteiger partial charge >= 0.3 is 5.69 Å². The van der Waals surface area contributed by atoms with Crippen LogP contribution in [-0.2, 0) is 6.54 Å². The molecule has 0 radical (unpaired) electrons. The second kappa shape index (κ2) is 4.00. The van der Waals surface area contributed by atoms with Crippen molar-refractivity contribution in [3.8, 4) is 0 Å². The van der Waals surface area contributed by atoms with Crippen molar-refractivity contribution >= 4 is 0 Å². The summed E-state index contributed by atoms with van der Waals surface area (Å²) in [5, 5.41) is 0. The van der Waals surface area contributed by atoms with E-state index in [0.29, 0.717) is 5.92 Å². The van der Waals surface area contributed by atoms with E-state index in [1.54, 1.807) is 10.8 Å². The van der Waals surface area contributed by atoms with Crippen LogP contribution in [0, 0.1) is 5.92 Å². The number of nitrogens with zero attached hydrogens (tertiary/aromatic N) is 2. The molecule has 4 heteroatoms. The van der Waals surface area contributed by atoms with Crippen molar-refractivity contribution in [3.63, 3.8) is 0 Å². The topological polar surface area (TPSA) is 41.0 Å². The van der Waals surface area contributed by atoms with E-state index in [1.165, 1.54) is 13.0 Å². The van der Waals surface area contributed by atoms with E-state index < -0.39 is 0 Å². The summed E-state index contributed by atoms with van der Waals surface area (Å²) in [6.45, 7) is 6.48. The molecule has 0 aliphatic carbocycles. The summed E-state index contributed by atoms with van der Waals surface area (Å²) in [4.78, 5) is 16.3. The van der Waals surface area contributed by atoms with Gasteiger partial charge in [0.2, 0.25) is 0 Å². The zero-order valence-electron chi connectivity index (χ0n) is 8.57. The van der Waals surface area contributed by atoms with Crippen LogP contribution in [0.1, 0.15) is 13.3 Å². The Bertz CT molecular complexity index is 341. The highest BCUT2D eigenvalue weighted by Gasteiger charge is 2.21. The first-order chi connectivity index (χ1) is 6.79. The van der Waals surface area contributed by atoms with Gasteiger partial charge in [0.05, 0.1) is 0 Å². The molecule has 0 spiro atoms. The van der Waals surface area contributed by atoms with E-state index in [2.05, 4.69) is 16.8 Å². The smallest absolute Gasteiger partial charge is 0.313 e. The molecule has 1 aromatic rings. The van der Waals surface area contributed by atoms with Crippen molar-refractivity contribution in [1.29, 1.82) is 0 Å². The van der Waals surface area contributed by atoms with Gasteiger partial charge in [-0.05, 0) is 25.4 Å². The second-order valence-electron chi connectivity index (χ2n) is 3.97. The molecule has 1 saturated heterocycles. The average Bonchev–Trinajstić information content (AvgIpc) is 2.77. The summed E-state index contributed by atoms with van der Waals surface area (Å²) in [5.74, 6) is 0.642. The Morgan fingerprint density at radius 1 is 1.64 bits per heavy atom. The van der Waals surface area contributed by atoms with Crippen LogP contribution in [0.15, 0.2) is 17.2 Å². The van der Waals surface area contributed by atoms with Gasteiger partial charge < -0.3 is 9.88 Å². The molecule has 1 N–H and O–H groups in total. The van der Waals surface area contributed by atoms with E-state index in [4.69, 9.17) is 0 Å². The lowest BCUT2D eigenvalue weighted by Gasteiger charge is -2.12. The molecule has 78 valence electrons. The molecule has 2 heterocycles. The van der Waals surface area contributed by atoms with E-state index in [0.717, 1.165) is 19.6 Å². The number of nitrogens with one attached hydrogen (secondary N) is 1. The lowest BCUT2D eigenvalue weighted by molar-refractivity contribution is 0.332. The Balaban J connectivity index is 1.94. The van der Waals surface area contributed by atoms with Crippen LogP contribution in [0.2, 0.25) is 0 Å². The SMILES string of the molecule is CCN1CCC(Cn2cc[nH]c2=O)C1. The number of hydrogen-bond acceptors (Lipinski definition) is 2. The van der Waals surface area contributed by atoms with E-state index in [9.17, 15) is 4.79 Å². The van der Waals surface area contributed by atoms with E-state index >= 15 is 0 Å². The highest BCUT2D eigenvalue weighted by molar-refractivity contribution is 4.80. The van der Waals surface area contributed by atoms with Crippen LogP contribution in [-0.4, -0.2) is 34.1 Å². The quantitative estimate of drug-likeness (QED) is 0.764. The molecular weight excluding hydrogens is 178 g/mol. The normalized spacial score (nSPS) is 23.1. The van der Waals surface area contributed by atoms with E-state index in [1.807, 2.05) is 6.20 Å². The maximum Gasteiger partial charge on any atom is 0.325 e. The number of rotatable bonds is 3. The Hall–Kier alpha value is -1.03. The summed E-state index contributed by atoms with van der Waals surface area (Å²) in [7, 11) is 0. The van der Waals surface area contributed by atoms with Crippen LogP contribution in [0.3, 0.4) is 0 Å². The largest absolute Gasteiger partial charge is 0.325 e. The van der Waals surface area contributed by atoms with Gasteiger partial charge in [0, 0.05) is 25.5 Å². The molecular formula is C10H17N3O. The highest BCUT2D eigenvalue weighted by atomic mass is 16.1. The van der Waals surface area contributed by atoms with Gasteiger partial charge in [0.15, 0.2) is 0 Å². The third kappa shape index (κ3) is 1.90. The molecule has 0 saturated carbocycles. The molecule has 1 fully saturated rings. The maximum atomic E-state index is 11.3. The van der Waals surface area contributed by atoms with Crippen LogP contribution < -0.4 is 5.69 Å². The Labute approximate surface area is 83.5 Å². The molecule has 1 aromatic heterocycles. The standard InChI is InChI=1S/C10H17N3O/c1-2-12-5-3-9(7-12)8-13-6-4-11-10(13)14/h4,6,9H,2-3,5,7-8H2,1H3,(H,11,14). The van der Waals surface area contributed by atoms with Crippen molar-refractivity contribution in [2.45, 2.75) is 19.9 Å². The minimum Gasteiger partial charge on any atom is -0.313 e. The zero-order chi connectivity index (χ0) is 9.97. The van der Waals surface area contributed by atoms with Crippen LogP contribution in [0.4, 0.5) is 0 Å². The molecule has 0 aromatic carbocycles. The number of aromatic amines is 1. The van der Waals surface area contributed by atoms with E-state index in [-0.39, 0.29) is 5.69 Å². The minimum atomic E-state index is 0.0138. The summed E-state index contributed by atoms with van der Waals surface area (Å²) < 4.78 is 1.77. The lowest BCUT2D eigenvalue weighted by atomic mass is 10.1. The summed E-state index contributed by atoms with van der Waals surface area (Å²) in [6.07, 6.45) is 4.75. The predicted octanol–water partition coefficient (Wildman–Crippen LogP) is 0.518. The van der Waals surface area contributed by atoms with Gasteiger partial charge in [-0.15, -0.1) is 0 Å². The molecule has 1 aliphatic heterocycles. The fourth-order valence-electron chi connectivity index (χ4n) is 2.12. The number of aromatic nitrogens is 2. The Kier molecular flexibility index (Phi) is 2.72. The zero-order valence-corrected chi connectivity index (χ0v) is 8.57. The van der Waals surface area contributed by atoms with Crippen molar-refractivity contribution in [1.82, 2.24) is 14.5 Å². The minimum absolute atomic E-state index is 0.0138. The van der Waals surface area contributed by atoms with Gasteiger partial charge in [-0.3, -0.25) is 4.57 Å². The third-order valence-electron chi connectivity index (χ3n) is 2.99. The first kappa shape index (κ1) is 9.52. The molecule has 1 aliphatic rings. The highest BCUT2D eigenvalue weighted by Crippen LogP contribution is 2.16. The summed E-state index contributed by atoms with van der Waals surface area (Å²) in [5.41, 5.74) is 0.0138. The van der Waals surface area contributed by atoms with Gasteiger partial charge in [0.1, 0.15) is 0 Å². The molecule has 4 nitrogen and oxygen atoms in total. The molecule has 2 rings (SSSR count). The summed E-state index contributed by atoms with van der Waals surface area (Å²) >= 11 is 0. The second-order valence-corrected chi connectivity index (χ2v) is 3.97. The fraction of sp³-hybridized carbons (Fsp3) is 0.700. The number of likely N-dealkylation sites (tertiary alicyclic amines) is 1. The van der Waals surface area contributed by atoms with Crippen molar-refractivity contribution in [3.05, 3.63) is 22.9 Å². The van der Waals surface area contributed by atoms with Gasteiger partial charge in [0.25, 0.3) is 0 Å². The molecule has 1 atom stereocenters. The molecule has 14 heavy (non-hydrogen) atoms. The predicted molar refractivity (Wildman–Crippen MR) is 55.3 cm³/mol. The average molecular weight is 195 g/mol.